The van der Waals surface area contributed by atoms with Gasteiger partial charge in [0.15, 0.2) is 0 Å². The molecule has 0 amide bonds. The van der Waals surface area contributed by atoms with Crippen molar-refractivity contribution in [1.29, 1.82) is 0 Å². The summed E-state index contributed by atoms with van der Waals surface area (Å²) in [7, 11) is 0. The zero-order chi connectivity index (χ0) is 22.3. The molecule has 1 aliphatic rings. The third-order valence-electron chi connectivity index (χ3n) is 6.06. The van der Waals surface area contributed by atoms with Gasteiger partial charge in [-0.05, 0) is 43.7 Å². The van der Waals surface area contributed by atoms with E-state index in [1.165, 1.54) is 27.8 Å². The monoisotopic (exact) mass is 446 g/mol. The number of rotatable bonds is 6. The quantitative estimate of drug-likeness (QED) is 0.397. The summed E-state index contributed by atoms with van der Waals surface area (Å²) in [5, 5.41) is 4.74. The van der Waals surface area contributed by atoms with Crippen molar-refractivity contribution in [1.82, 2.24) is 15.0 Å². The van der Waals surface area contributed by atoms with Gasteiger partial charge in [-0.2, -0.15) is 0 Å². The zero-order valence-corrected chi connectivity index (χ0v) is 20.1. The molecular formula is C26H30N4OS. The van der Waals surface area contributed by atoms with Crippen LogP contribution in [0.3, 0.4) is 0 Å². The summed E-state index contributed by atoms with van der Waals surface area (Å²) < 4.78 is 7.28. The summed E-state index contributed by atoms with van der Waals surface area (Å²) in [6, 6.07) is 10.5. The molecule has 0 radical (unpaired) electrons. The highest BCUT2D eigenvalue weighted by molar-refractivity contribution is 7.26. The molecule has 0 fully saturated rings. The van der Waals surface area contributed by atoms with Crippen LogP contribution in [0.25, 0.3) is 20.4 Å². The number of hydrogen-bond donors (Lipinski definition) is 1. The summed E-state index contributed by atoms with van der Waals surface area (Å²) in [5.74, 6) is 1.45. The lowest BCUT2D eigenvalue weighted by Gasteiger charge is -2.33. The lowest BCUT2D eigenvalue weighted by atomic mass is 9.88. The van der Waals surface area contributed by atoms with Gasteiger partial charge in [-0.25, -0.2) is 15.0 Å². The van der Waals surface area contributed by atoms with Gasteiger partial charge < -0.3 is 10.1 Å². The predicted octanol–water partition coefficient (Wildman–Crippen LogP) is 5.94. The van der Waals surface area contributed by atoms with Crippen molar-refractivity contribution >= 4 is 37.6 Å². The molecule has 0 bridgehead atoms. The first kappa shape index (κ1) is 21.3. The molecule has 3 aromatic heterocycles. The summed E-state index contributed by atoms with van der Waals surface area (Å²) in [4.78, 5) is 15.5. The predicted molar refractivity (Wildman–Crippen MR) is 132 cm³/mol. The van der Waals surface area contributed by atoms with Gasteiger partial charge in [0.25, 0.3) is 0 Å². The Bertz CT molecular complexity index is 1260. The fraction of sp³-hybridized carbons (Fsp3) is 0.423. The van der Waals surface area contributed by atoms with Crippen LogP contribution >= 0.6 is 11.3 Å². The van der Waals surface area contributed by atoms with Gasteiger partial charge in [0, 0.05) is 29.6 Å². The highest BCUT2D eigenvalue weighted by Gasteiger charge is 2.31. The summed E-state index contributed by atoms with van der Waals surface area (Å²) in [5.41, 5.74) is 5.95. The molecule has 4 aromatic rings. The molecule has 0 spiro atoms. The number of hydrogen-bond acceptors (Lipinski definition) is 6. The smallest absolute Gasteiger partial charge is 0.147 e. The third-order valence-corrected chi connectivity index (χ3v) is 7.14. The molecule has 1 N–H and O–H groups in total. The van der Waals surface area contributed by atoms with Crippen LogP contribution in [-0.2, 0) is 30.6 Å². The summed E-state index contributed by atoms with van der Waals surface area (Å²) in [6.45, 7) is 10.3. The van der Waals surface area contributed by atoms with Crippen LogP contribution in [0, 0.1) is 5.92 Å². The molecule has 5 rings (SSSR count). The molecule has 1 aromatic carbocycles. The Balaban J connectivity index is 1.58. The fourth-order valence-electron chi connectivity index (χ4n) is 4.52. The normalized spacial score (nSPS) is 15.4. The number of pyridine rings is 1. The van der Waals surface area contributed by atoms with Gasteiger partial charge in [0.05, 0.1) is 22.4 Å². The van der Waals surface area contributed by atoms with E-state index in [9.17, 15) is 0 Å². The van der Waals surface area contributed by atoms with Crippen molar-refractivity contribution in [2.75, 3.05) is 11.9 Å². The molecular weight excluding hydrogens is 416 g/mol. The second-order valence-electron chi connectivity index (χ2n) is 9.68. The van der Waals surface area contributed by atoms with E-state index in [4.69, 9.17) is 14.7 Å². The summed E-state index contributed by atoms with van der Waals surface area (Å²) >= 11 is 1.71. The molecule has 0 unspecified atom stereocenters. The maximum Gasteiger partial charge on any atom is 0.147 e. The number of fused-ring (bicyclic) bond motifs is 5. The number of anilines is 1. The van der Waals surface area contributed by atoms with E-state index in [-0.39, 0.29) is 5.60 Å². The maximum atomic E-state index is 6.19. The molecule has 6 heteroatoms. The fourth-order valence-corrected chi connectivity index (χ4v) is 5.67. The first-order chi connectivity index (χ1) is 15.4. The van der Waals surface area contributed by atoms with Crippen molar-refractivity contribution < 1.29 is 4.74 Å². The molecule has 166 valence electrons. The topological polar surface area (TPSA) is 59.9 Å². The number of aromatic nitrogens is 3. The van der Waals surface area contributed by atoms with Gasteiger partial charge >= 0.3 is 0 Å². The third kappa shape index (κ3) is 4.09. The lowest BCUT2D eigenvalue weighted by molar-refractivity contribution is -0.0402. The van der Waals surface area contributed by atoms with Crippen molar-refractivity contribution in [3.63, 3.8) is 0 Å². The SMILES string of the molecule is CC(C)Cc1nc2sc3c(NCCc4ccccc4)ncnc3c2c2c1COC(C)(C)C2. The van der Waals surface area contributed by atoms with Crippen molar-refractivity contribution in [3.8, 4) is 0 Å². The Labute approximate surface area is 193 Å². The van der Waals surface area contributed by atoms with Crippen molar-refractivity contribution in [2.45, 2.75) is 59.2 Å². The maximum absolute atomic E-state index is 6.19. The van der Waals surface area contributed by atoms with Crippen molar-refractivity contribution in [2.24, 2.45) is 5.92 Å². The zero-order valence-electron chi connectivity index (χ0n) is 19.2. The highest BCUT2D eigenvalue weighted by Crippen LogP contribution is 2.42. The Hall–Kier alpha value is -2.57. The minimum Gasteiger partial charge on any atom is -0.370 e. The molecule has 0 atom stereocenters. The van der Waals surface area contributed by atoms with Crippen LogP contribution in [0.15, 0.2) is 36.7 Å². The van der Waals surface area contributed by atoms with Gasteiger partial charge in [0.2, 0.25) is 0 Å². The van der Waals surface area contributed by atoms with E-state index < -0.39 is 0 Å². The van der Waals surface area contributed by atoms with E-state index in [0.29, 0.717) is 12.5 Å². The number of nitrogens with one attached hydrogen (secondary N) is 1. The first-order valence-electron chi connectivity index (χ1n) is 11.4. The molecule has 5 nitrogen and oxygen atoms in total. The van der Waals surface area contributed by atoms with Crippen LogP contribution in [0.1, 0.15) is 50.1 Å². The van der Waals surface area contributed by atoms with Crippen LogP contribution in [0.5, 0.6) is 0 Å². The van der Waals surface area contributed by atoms with Crippen LogP contribution in [0.4, 0.5) is 5.82 Å². The molecule has 0 saturated carbocycles. The van der Waals surface area contributed by atoms with E-state index in [2.05, 4.69) is 68.3 Å². The Morgan fingerprint density at radius 1 is 1.12 bits per heavy atom. The Kier molecular flexibility index (Phi) is 5.59. The number of thiophene rings is 1. The lowest BCUT2D eigenvalue weighted by Crippen LogP contribution is -2.33. The molecule has 0 aliphatic carbocycles. The van der Waals surface area contributed by atoms with E-state index >= 15 is 0 Å². The Morgan fingerprint density at radius 2 is 1.94 bits per heavy atom. The minimum atomic E-state index is -0.186. The minimum absolute atomic E-state index is 0.186. The van der Waals surface area contributed by atoms with Gasteiger partial charge in [0.1, 0.15) is 17.0 Å². The van der Waals surface area contributed by atoms with Crippen LogP contribution < -0.4 is 5.32 Å². The van der Waals surface area contributed by atoms with Crippen LogP contribution in [-0.4, -0.2) is 27.1 Å². The van der Waals surface area contributed by atoms with E-state index in [1.54, 1.807) is 17.7 Å². The van der Waals surface area contributed by atoms with Crippen LogP contribution in [0.2, 0.25) is 0 Å². The Morgan fingerprint density at radius 3 is 2.72 bits per heavy atom. The second kappa shape index (κ2) is 8.41. The molecule has 4 heterocycles. The molecule has 32 heavy (non-hydrogen) atoms. The molecule has 0 saturated heterocycles. The average molecular weight is 447 g/mol. The number of nitrogens with zero attached hydrogens (tertiary/aromatic N) is 3. The first-order valence-corrected chi connectivity index (χ1v) is 12.2. The molecule has 1 aliphatic heterocycles. The van der Waals surface area contributed by atoms with Gasteiger partial charge in [-0.3, -0.25) is 0 Å². The van der Waals surface area contributed by atoms with Gasteiger partial charge in [-0.1, -0.05) is 44.2 Å². The van der Waals surface area contributed by atoms with E-state index in [1.807, 2.05) is 0 Å². The van der Waals surface area contributed by atoms with E-state index in [0.717, 1.165) is 46.7 Å². The van der Waals surface area contributed by atoms with Gasteiger partial charge in [-0.15, -0.1) is 11.3 Å². The summed E-state index contributed by atoms with van der Waals surface area (Å²) in [6.07, 6.45) is 4.47. The number of ether oxygens (including phenoxy) is 1. The second-order valence-corrected chi connectivity index (χ2v) is 10.7. The van der Waals surface area contributed by atoms with Crippen molar-refractivity contribution in [3.05, 3.63) is 59.0 Å². The number of benzene rings is 1. The standard InChI is InChI=1S/C26H30N4OS/c1-16(2)12-20-19-14-31-26(3,4)13-18(19)21-22-23(32-25(21)30-20)24(29-15-28-22)27-11-10-17-8-6-5-7-9-17/h5-9,15-16H,10-14H2,1-4H3,(H,27,28,29). The highest BCUT2D eigenvalue weighted by atomic mass is 32.1. The largest absolute Gasteiger partial charge is 0.370 e. The average Bonchev–Trinajstić information content (AvgIpc) is 3.13.